The maximum atomic E-state index is 4.63. The van der Waals surface area contributed by atoms with Crippen molar-refractivity contribution < 1.29 is 0 Å². The summed E-state index contributed by atoms with van der Waals surface area (Å²) in [5.41, 5.74) is 3.54. The molecule has 2 heterocycles. The van der Waals surface area contributed by atoms with Gasteiger partial charge in [0.1, 0.15) is 0 Å². The number of fused-ring (bicyclic) bond motifs is 1. The lowest BCUT2D eigenvalue weighted by atomic mass is 10.3. The molecule has 0 atom stereocenters. The fourth-order valence-electron chi connectivity index (χ4n) is 1.78. The van der Waals surface area contributed by atoms with Crippen molar-refractivity contribution in [2.45, 2.75) is 25.7 Å². The highest BCUT2D eigenvalue weighted by atomic mass is 79.9. The molecule has 3 heteroatoms. The van der Waals surface area contributed by atoms with E-state index in [0.717, 1.165) is 16.0 Å². The Hall–Kier alpha value is -0.830. The van der Waals surface area contributed by atoms with E-state index >= 15 is 0 Å². The molecular formula is C11H11BrN2. The number of hydrogen-bond acceptors (Lipinski definition) is 1. The zero-order valence-electron chi connectivity index (χ0n) is 8.00. The number of aromatic nitrogens is 2. The minimum absolute atomic E-state index is 0.724. The van der Waals surface area contributed by atoms with Crippen LogP contribution in [0.5, 0.6) is 0 Å². The molecule has 72 valence electrons. The van der Waals surface area contributed by atoms with Crippen molar-refractivity contribution >= 4 is 21.6 Å². The molecule has 0 aromatic carbocycles. The van der Waals surface area contributed by atoms with Gasteiger partial charge in [0.25, 0.3) is 0 Å². The normalized spacial score (nSPS) is 16.4. The van der Waals surface area contributed by atoms with E-state index in [1.807, 2.05) is 0 Å². The third-order valence-electron chi connectivity index (χ3n) is 2.66. The Balaban J connectivity index is 2.26. The molecule has 0 aliphatic heterocycles. The Morgan fingerprint density at radius 2 is 2.21 bits per heavy atom. The van der Waals surface area contributed by atoms with Crippen LogP contribution < -0.4 is 0 Å². The smallest absolute Gasteiger partial charge is 0.151 e. The van der Waals surface area contributed by atoms with Crippen molar-refractivity contribution in [1.82, 2.24) is 9.38 Å². The third-order valence-corrected chi connectivity index (χ3v) is 3.24. The van der Waals surface area contributed by atoms with Crippen LogP contribution in [0.2, 0.25) is 0 Å². The topological polar surface area (TPSA) is 17.3 Å². The van der Waals surface area contributed by atoms with E-state index in [4.69, 9.17) is 0 Å². The number of imidazole rings is 1. The van der Waals surface area contributed by atoms with Crippen molar-refractivity contribution in [2.75, 3.05) is 0 Å². The Kier molecular flexibility index (Phi) is 1.71. The summed E-state index contributed by atoms with van der Waals surface area (Å²) < 4.78 is 3.21. The maximum absolute atomic E-state index is 4.63. The standard InChI is InChI=1S/C11H11BrN2/c1-7-4-9(12)11-13-10(8-2-3-8)6-14(11)5-7/h4-6,8H,2-3H2,1H3. The summed E-state index contributed by atoms with van der Waals surface area (Å²) in [5, 5.41) is 0. The molecule has 0 N–H and O–H groups in total. The van der Waals surface area contributed by atoms with Crippen LogP contribution in [0, 0.1) is 6.92 Å². The molecular weight excluding hydrogens is 240 g/mol. The van der Waals surface area contributed by atoms with E-state index in [-0.39, 0.29) is 0 Å². The van der Waals surface area contributed by atoms with Crippen LogP contribution in [-0.2, 0) is 0 Å². The first-order valence-corrected chi connectivity index (χ1v) is 5.68. The predicted molar refractivity (Wildman–Crippen MR) is 59.6 cm³/mol. The van der Waals surface area contributed by atoms with Gasteiger partial charge in [0.15, 0.2) is 5.65 Å². The van der Waals surface area contributed by atoms with Crippen LogP contribution in [0.4, 0.5) is 0 Å². The summed E-state index contributed by atoms with van der Waals surface area (Å²) in [4.78, 5) is 4.63. The second-order valence-corrected chi connectivity index (χ2v) is 4.89. The second-order valence-electron chi connectivity index (χ2n) is 4.04. The van der Waals surface area contributed by atoms with Gasteiger partial charge in [-0.1, -0.05) is 0 Å². The zero-order valence-corrected chi connectivity index (χ0v) is 9.58. The van der Waals surface area contributed by atoms with Crippen LogP contribution >= 0.6 is 15.9 Å². The molecule has 1 fully saturated rings. The molecule has 1 aliphatic rings. The van der Waals surface area contributed by atoms with Crippen molar-refractivity contribution in [3.05, 3.63) is 34.2 Å². The zero-order chi connectivity index (χ0) is 9.71. The Morgan fingerprint density at radius 1 is 1.43 bits per heavy atom. The number of pyridine rings is 1. The summed E-state index contributed by atoms with van der Waals surface area (Å²) in [6.45, 7) is 2.10. The first-order chi connectivity index (χ1) is 6.74. The Bertz CT molecular complexity index is 497. The van der Waals surface area contributed by atoms with E-state index in [1.54, 1.807) is 0 Å². The summed E-state index contributed by atoms with van der Waals surface area (Å²) in [5.74, 6) is 0.724. The summed E-state index contributed by atoms with van der Waals surface area (Å²) >= 11 is 3.55. The first kappa shape index (κ1) is 8.48. The lowest BCUT2D eigenvalue weighted by Gasteiger charge is -1.97. The number of aryl methyl sites for hydroxylation is 1. The SMILES string of the molecule is Cc1cc(Br)c2nc(C3CC3)cn2c1. The molecule has 14 heavy (non-hydrogen) atoms. The molecule has 1 aliphatic carbocycles. The molecule has 0 unspecified atom stereocenters. The Labute approximate surface area is 91.1 Å². The predicted octanol–water partition coefficient (Wildman–Crippen LogP) is 3.28. The quantitative estimate of drug-likeness (QED) is 0.760. The van der Waals surface area contributed by atoms with Crippen LogP contribution in [-0.4, -0.2) is 9.38 Å². The van der Waals surface area contributed by atoms with Gasteiger partial charge < -0.3 is 4.40 Å². The van der Waals surface area contributed by atoms with E-state index in [9.17, 15) is 0 Å². The lowest BCUT2D eigenvalue weighted by molar-refractivity contribution is 1.05. The first-order valence-electron chi connectivity index (χ1n) is 4.89. The van der Waals surface area contributed by atoms with Gasteiger partial charge >= 0.3 is 0 Å². The molecule has 0 amide bonds. The van der Waals surface area contributed by atoms with Gasteiger partial charge in [0, 0.05) is 18.3 Å². The molecule has 3 rings (SSSR count). The van der Waals surface area contributed by atoms with Gasteiger partial charge in [0.2, 0.25) is 0 Å². The van der Waals surface area contributed by atoms with Crippen LogP contribution in [0.25, 0.3) is 5.65 Å². The third kappa shape index (κ3) is 1.27. The molecule has 0 spiro atoms. The lowest BCUT2D eigenvalue weighted by Crippen LogP contribution is -1.85. The number of halogens is 1. The number of rotatable bonds is 1. The highest BCUT2D eigenvalue weighted by Gasteiger charge is 2.26. The largest absolute Gasteiger partial charge is 0.306 e. The molecule has 2 nitrogen and oxygen atoms in total. The number of nitrogens with zero attached hydrogens (tertiary/aromatic N) is 2. The van der Waals surface area contributed by atoms with Crippen LogP contribution in [0.15, 0.2) is 22.9 Å². The van der Waals surface area contributed by atoms with Gasteiger partial charge in [0.05, 0.1) is 10.2 Å². The van der Waals surface area contributed by atoms with Gasteiger partial charge in [-0.05, 0) is 47.3 Å². The number of hydrogen-bond donors (Lipinski definition) is 0. The average molecular weight is 251 g/mol. The molecule has 1 saturated carbocycles. The maximum Gasteiger partial charge on any atom is 0.151 e. The minimum Gasteiger partial charge on any atom is -0.306 e. The van der Waals surface area contributed by atoms with Gasteiger partial charge in [-0.3, -0.25) is 0 Å². The minimum atomic E-state index is 0.724. The summed E-state index contributed by atoms with van der Waals surface area (Å²) in [6.07, 6.45) is 6.89. The molecule has 2 aromatic rings. The monoisotopic (exact) mass is 250 g/mol. The molecule has 0 saturated heterocycles. The van der Waals surface area contributed by atoms with E-state index in [1.165, 1.54) is 24.1 Å². The van der Waals surface area contributed by atoms with Crippen molar-refractivity contribution in [3.63, 3.8) is 0 Å². The summed E-state index contributed by atoms with van der Waals surface area (Å²) in [6, 6.07) is 2.11. The molecule has 0 radical (unpaired) electrons. The summed E-state index contributed by atoms with van der Waals surface area (Å²) in [7, 11) is 0. The Morgan fingerprint density at radius 3 is 2.93 bits per heavy atom. The van der Waals surface area contributed by atoms with Crippen molar-refractivity contribution in [3.8, 4) is 0 Å². The van der Waals surface area contributed by atoms with Crippen LogP contribution in [0.1, 0.15) is 30.0 Å². The fraction of sp³-hybridized carbons (Fsp3) is 0.364. The second kappa shape index (κ2) is 2.83. The fourth-order valence-corrected chi connectivity index (χ4v) is 2.44. The van der Waals surface area contributed by atoms with Crippen molar-refractivity contribution in [2.24, 2.45) is 0 Å². The van der Waals surface area contributed by atoms with Gasteiger partial charge in [-0.15, -0.1) is 0 Å². The average Bonchev–Trinajstić information content (AvgIpc) is 2.87. The van der Waals surface area contributed by atoms with Gasteiger partial charge in [-0.2, -0.15) is 0 Å². The van der Waals surface area contributed by atoms with Crippen molar-refractivity contribution in [1.29, 1.82) is 0 Å². The molecule has 2 aromatic heterocycles. The highest BCUT2D eigenvalue weighted by molar-refractivity contribution is 9.10. The van der Waals surface area contributed by atoms with E-state index in [2.05, 4.69) is 50.7 Å². The van der Waals surface area contributed by atoms with Crippen LogP contribution in [0.3, 0.4) is 0 Å². The highest BCUT2D eigenvalue weighted by Crippen LogP contribution is 2.39. The van der Waals surface area contributed by atoms with E-state index < -0.39 is 0 Å². The van der Waals surface area contributed by atoms with Gasteiger partial charge in [-0.25, -0.2) is 4.98 Å². The van der Waals surface area contributed by atoms with E-state index in [0.29, 0.717) is 0 Å². The molecule has 0 bridgehead atoms.